The molecular formula is C19H23N3O6S. The maximum absolute atomic E-state index is 12.3. The van der Waals surface area contributed by atoms with E-state index in [2.05, 4.69) is 10.6 Å². The number of nitrogens with zero attached hydrogens (tertiary/aromatic N) is 1. The SMILES string of the molecule is CNc1ccccc1C(=O)OCC(=O)Nc1cc(S(=O)(=O)N(C)C)ccc1OC. The summed E-state index contributed by atoms with van der Waals surface area (Å²) < 4.78 is 35.9. The molecule has 2 N–H and O–H groups in total. The lowest BCUT2D eigenvalue weighted by atomic mass is 10.2. The first-order valence-electron chi connectivity index (χ1n) is 8.55. The molecule has 0 saturated carbocycles. The van der Waals surface area contributed by atoms with Crippen LogP contribution in [0.2, 0.25) is 0 Å². The van der Waals surface area contributed by atoms with E-state index in [4.69, 9.17) is 9.47 Å². The van der Waals surface area contributed by atoms with E-state index in [1.54, 1.807) is 31.3 Å². The van der Waals surface area contributed by atoms with E-state index < -0.39 is 28.5 Å². The zero-order chi connectivity index (χ0) is 21.6. The fourth-order valence-corrected chi connectivity index (χ4v) is 3.36. The van der Waals surface area contributed by atoms with E-state index in [0.717, 1.165) is 4.31 Å². The van der Waals surface area contributed by atoms with Crippen molar-refractivity contribution >= 4 is 33.3 Å². The third-order valence-corrected chi connectivity index (χ3v) is 5.79. The van der Waals surface area contributed by atoms with Crippen LogP contribution in [0.25, 0.3) is 0 Å². The third kappa shape index (κ3) is 5.24. The van der Waals surface area contributed by atoms with E-state index in [0.29, 0.717) is 11.3 Å². The van der Waals surface area contributed by atoms with Crippen LogP contribution in [0.5, 0.6) is 5.75 Å². The summed E-state index contributed by atoms with van der Waals surface area (Å²) in [7, 11) is 2.17. The Bertz CT molecular complexity index is 1000. The number of methoxy groups -OCH3 is 1. The zero-order valence-electron chi connectivity index (χ0n) is 16.6. The standard InChI is InChI=1S/C19H23N3O6S/c1-20-15-8-6-5-7-14(15)19(24)28-12-18(23)21-16-11-13(9-10-17(16)27-4)29(25,26)22(2)3/h5-11,20H,12H2,1-4H3,(H,21,23). The van der Waals surface area contributed by atoms with Gasteiger partial charge in [0.05, 0.1) is 23.3 Å². The van der Waals surface area contributed by atoms with Gasteiger partial charge < -0.3 is 20.1 Å². The molecule has 0 aliphatic rings. The number of anilines is 2. The Morgan fingerprint density at radius 1 is 1.07 bits per heavy atom. The lowest BCUT2D eigenvalue weighted by Gasteiger charge is -2.15. The maximum atomic E-state index is 12.3. The molecule has 2 rings (SSSR count). The van der Waals surface area contributed by atoms with Crippen LogP contribution in [-0.2, 0) is 19.6 Å². The Hall–Kier alpha value is -3.11. The van der Waals surface area contributed by atoms with Gasteiger partial charge in [0.25, 0.3) is 5.91 Å². The average Bonchev–Trinajstić information content (AvgIpc) is 2.71. The minimum Gasteiger partial charge on any atom is -0.495 e. The second-order valence-corrected chi connectivity index (χ2v) is 8.22. The number of benzene rings is 2. The van der Waals surface area contributed by atoms with Gasteiger partial charge in [0.1, 0.15) is 5.75 Å². The van der Waals surface area contributed by atoms with Crippen LogP contribution in [0.15, 0.2) is 47.4 Å². The molecule has 0 atom stereocenters. The molecule has 0 aliphatic heterocycles. The van der Waals surface area contributed by atoms with E-state index in [1.807, 2.05) is 0 Å². The summed E-state index contributed by atoms with van der Waals surface area (Å²) in [5.74, 6) is -1.04. The number of para-hydroxylation sites is 1. The molecule has 0 bridgehead atoms. The molecule has 29 heavy (non-hydrogen) atoms. The van der Waals surface area contributed by atoms with Gasteiger partial charge in [0.15, 0.2) is 6.61 Å². The Kier molecular flexibility index (Phi) is 7.18. The van der Waals surface area contributed by atoms with Crippen molar-refractivity contribution in [3.05, 3.63) is 48.0 Å². The molecule has 156 valence electrons. The molecule has 2 aromatic carbocycles. The van der Waals surface area contributed by atoms with Gasteiger partial charge in [-0.1, -0.05) is 12.1 Å². The number of amides is 1. The van der Waals surface area contributed by atoms with Crippen LogP contribution in [-0.4, -0.2) is 59.5 Å². The first kappa shape index (κ1) is 22.2. The van der Waals surface area contributed by atoms with E-state index in [1.165, 1.54) is 39.4 Å². The summed E-state index contributed by atoms with van der Waals surface area (Å²) in [6.45, 7) is -0.551. The molecular weight excluding hydrogens is 398 g/mol. The number of carbonyl (C=O) groups is 2. The number of ether oxygens (including phenoxy) is 2. The largest absolute Gasteiger partial charge is 0.495 e. The van der Waals surface area contributed by atoms with Gasteiger partial charge in [-0.15, -0.1) is 0 Å². The topological polar surface area (TPSA) is 114 Å². The minimum absolute atomic E-state index is 0.0152. The highest BCUT2D eigenvalue weighted by molar-refractivity contribution is 7.89. The van der Waals surface area contributed by atoms with Crippen LogP contribution < -0.4 is 15.4 Å². The van der Waals surface area contributed by atoms with Crippen molar-refractivity contribution in [3.63, 3.8) is 0 Å². The molecule has 0 saturated heterocycles. The maximum Gasteiger partial charge on any atom is 0.340 e. The number of sulfonamides is 1. The predicted molar refractivity (Wildman–Crippen MR) is 109 cm³/mol. The van der Waals surface area contributed by atoms with Crippen molar-refractivity contribution in [1.82, 2.24) is 4.31 Å². The van der Waals surface area contributed by atoms with Crippen LogP contribution in [0.3, 0.4) is 0 Å². The molecule has 0 aliphatic carbocycles. The molecule has 0 spiro atoms. The van der Waals surface area contributed by atoms with Crippen molar-refractivity contribution in [2.45, 2.75) is 4.90 Å². The number of hydrogen-bond acceptors (Lipinski definition) is 7. The molecule has 1 amide bonds. The third-order valence-electron chi connectivity index (χ3n) is 3.97. The average molecular weight is 421 g/mol. The van der Waals surface area contributed by atoms with Gasteiger partial charge >= 0.3 is 5.97 Å². The second-order valence-electron chi connectivity index (χ2n) is 6.07. The molecule has 0 aromatic heterocycles. The van der Waals surface area contributed by atoms with Crippen molar-refractivity contribution in [3.8, 4) is 5.75 Å². The molecule has 9 nitrogen and oxygen atoms in total. The van der Waals surface area contributed by atoms with Crippen LogP contribution >= 0.6 is 0 Å². The van der Waals surface area contributed by atoms with Crippen molar-refractivity contribution in [2.75, 3.05) is 45.5 Å². The fraction of sp³-hybridized carbons (Fsp3) is 0.263. The number of nitrogens with one attached hydrogen (secondary N) is 2. The van der Waals surface area contributed by atoms with Gasteiger partial charge in [-0.3, -0.25) is 4.79 Å². The molecule has 0 heterocycles. The van der Waals surface area contributed by atoms with Crippen LogP contribution in [0, 0.1) is 0 Å². The van der Waals surface area contributed by atoms with Gasteiger partial charge in [0, 0.05) is 26.8 Å². The fourth-order valence-electron chi connectivity index (χ4n) is 2.43. The molecule has 0 fully saturated rings. The monoisotopic (exact) mass is 421 g/mol. The van der Waals surface area contributed by atoms with Crippen molar-refractivity contribution in [2.24, 2.45) is 0 Å². The first-order valence-corrected chi connectivity index (χ1v) is 9.99. The van der Waals surface area contributed by atoms with Gasteiger partial charge in [0.2, 0.25) is 10.0 Å². The van der Waals surface area contributed by atoms with Crippen molar-refractivity contribution in [1.29, 1.82) is 0 Å². The molecule has 2 aromatic rings. The summed E-state index contributed by atoms with van der Waals surface area (Å²) in [5, 5.41) is 5.38. The van der Waals surface area contributed by atoms with Crippen LogP contribution in [0.1, 0.15) is 10.4 Å². The van der Waals surface area contributed by atoms with Crippen molar-refractivity contribution < 1.29 is 27.5 Å². The lowest BCUT2D eigenvalue weighted by molar-refractivity contribution is -0.119. The molecule has 0 radical (unpaired) electrons. The highest BCUT2D eigenvalue weighted by Crippen LogP contribution is 2.28. The van der Waals surface area contributed by atoms with Crippen LogP contribution in [0.4, 0.5) is 11.4 Å². The number of hydrogen-bond donors (Lipinski definition) is 2. The Balaban J connectivity index is 2.13. The Morgan fingerprint density at radius 2 is 1.76 bits per heavy atom. The van der Waals surface area contributed by atoms with E-state index in [9.17, 15) is 18.0 Å². The summed E-state index contributed by atoms with van der Waals surface area (Å²) in [5.41, 5.74) is 1.01. The quantitative estimate of drug-likeness (QED) is 0.625. The number of carbonyl (C=O) groups excluding carboxylic acids is 2. The van der Waals surface area contributed by atoms with E-state index in [-0.39, 0.29) is 16.3 Å². The van der Waals surface area contributed by atoms with Gasteiger partial charge in [-0.25, -0.2) is 17.5 Å². The summed E-state index contributed by atoms with van der Waals surface area (Å²) in [6, 6.07) is 10.8. The Labute approximate surface area is 169 Å². The van der Waals surface area contributed by atoms with Gasteiger partial charge in [-0.2, -0.15) is 0 Å². The smallest absolute Gasteiger partial charge is 0.340 e. The first-order chi connectivity index (χ1) is 13.7. The second kappa shape index (κ2) is 9.39. The summed E-state index contributed by atoms with van der Waals surface area (Å²) >= 11 is 0. The van der Waals surface area contributed by atoms with E-state index >= 15 is 0 Å². The lowest BCUT2D eigenvalue weighted by Crippen LogP contribution is -2.23. The highest BCUT2D eigenvalue weighted by Gasteiger charge is 2.20. The molecule has 10 heteroatoms. The number of esters is 1. The normalized spacial score (nSPS) is 11.1. The highest BCUT2D eigenvalue weighted by atomic mass is 32.2. The zero-order valence-corrected chi connectivity index (χ0v) is 17.4. The Morgan fingerprint density at radius 3 is 2.38 bits per heavy atom. The molecule has 0 unspecified atom stereocenters. The summed E-state index contributed by atoms with van der Waals surface area (Å²) in [4.78, 5) is 24.4. The van der Waals surface area contributed by atoms with Gasteiger partial charge in [-0.05, 0) is 30.3 Å². The summed E-state index contributed by atoms with van der Waals surface area (Å²) in [6.07, 6.45) is 0. The predicted octanol–water partition coefficient (Wildman–Crippen LogP) is 1.78. The minimum atomic E-state index is -3.70. The number of rotatable bonds is 8.